The van der Waals surface area contributed by atoms with Crippen LogP contribution in [-0.2, 0) is 6.42 Å². The molecule has 17 heavy (non-hydrogen) atoms. The molecule has 1 fully saturated rings. The molecular weight excluding hydrogens is 234 g/mol. The van der Waals surface area contributed by atoms with Gasteiger partial charge in [-0.05, 0) is 42.2 Å². The van der Waals surface area contributed by atoms with Crippen LogP contribution in [0.4, 0.5) is 0 Å². The number of aryl methyl sites for hydroxylation is 1. The van der Waals surface area contributed by atoms with Crippen LogP contribution in [0.3, 0.4) is 0 Å². The van der Waals surface area contributed by atoms with E-state index in [1.165, 1.54) is 0 Å². The van der Waals surface area contributed by atoms with Gasteiger partial charge in [0.05, 0.1) is 4.88 Å². The first kappa shape index (κ1) is 12.6. The fraction of sp³-hybridized carbons (Fsp3) is 0.615. The second-order valence-electron chi connectivity index (χ2n) is 4.55. The number of aliphatic hydroxyl groups excluding tert-OH is 1. The Hall–Kier alpha value is -0.870. The Labute approximate surface area is 106 Å². The van der Waals surface area contributed by atoms with Crippen molar-refractivity contribution in [3.8, 4) is 0 Å². The number of hydrogen-bond donors (Lipinski definition) is 1. The molecular formula is C13H19NO2S. The number of amides is 1. The number of aliphatic hydroxyl groups is 1. The van der Waals surface area contributed by atoms with Gasteiger partial charge in [0, 0.05) is 19.7 Å². The molecule has 0 atom stereocenters. The zero-order chi connectivity index (χ0) is 12.3. The lowest BCUT2D eigenvalue weighted by molar-refractivity contribution is 0.0654. The van der Waals surface area contributed by atoms with Crippen molar-refractivity contribution >= 4 is 17.2 Å². The molecule has 1 aromatic heterocycles. The lowest BCUT2D eigenvalue weighted by atomic mass is 9.97. The molecule has 2 heterocycles. The van der Waals surface area contributed by atoms with Crippen LogP contribution in [0.1, 0.15) is 35.0 Å². The number of nitrogens with zero attached hydrogens (tertiary/aromatic N) is 1. The first-order valence-corrected chi connectivity index (χ1v) is 7.10. The predicted octanol–water partition coefficient (Wildman–Crippen LogP) is 2.16. The summed E-state index contributed by atoms with van der Waals surface area (Å²) in [4.78, 5) is 15.1. The summed E-state index contributed by atoms with van der Waals surface area (Å²) < 4.78 is 0. The van der Waals surface area contributed by atoms with E-state index in [1.807, 2.05) is 16.3 Å². The largest absolute Gasteiger partial charge is 0.396 e. The lowest BCUT2D eigenvalue weighted by Gasteiger charge is -2.31. The fourth-order valence-corrected chi connectivity index (χ4v) is 3.23. The summed E-state index contributed by atoms with van der Waals surface area (Å²) in [6.07, 6.45) is 2.77. The van der Waals surface area contributed by atoms with Crippen LogP contribution < -0.4 is 0 Å². The van der Waals surface area contributed by atoms with E-state index in [0.717, 1.165) is 42.8 Å². The van der Waals surface area contributed by atoms with Crippen LogP contribution in [0.5, 0.6) is 0 Å². The van der Waals surface area contributed by atoms with E-state index in [2.05, 4.69) is 6.92 Å². The molecule has 0 saturated carbocycles. The van der Waals surface area contributed by atoms with Crippen LogP contribution in [-0.4, -0.2) is 35.6 Å². The van der Waals surface area contributed by atoms with Crippen molar-refractivity contribution in [3.63, 3.8) is 0 Å². The molecule has 94 valence electrons. The van der Waals surface area contributed by atoms with E-state index in [9.17, 15) is 4.79 Å². The van der Waals surface area contributed by atoms with E-state index >= 15 is 0 Å². The third-order valence-electron chi connectivity index (χ3n) is 3.48. The summed E-state index contributed by atoms with van der Waals surface area (Å²) in [6, 6.07) is 2.04. The van der Waals surface area contributed by atoms with Gasteiger partial charge in [-0.15, -0.1) is 11.3 Å². The minimum absolute atomic E-state index is 0.174. The van der Waals surface area contributed by atoms with Crippen LogP contribution in [0, 0.1) is 5.92 Å². The first-order chi connectivity index (χ1) is 8.26. The molecule has 3 nitrogen and oxygen atoms in total. The zero-order valence-corrected chi connectivity index (χ0v) is 11.0. The minimum atomic E-state index is 0.174. The molecule has 1 saturated heterocycles. The number of rotatable bonds is 3. The van der Waals surface area contributed by atoms with E-state index in [4.69, 9.17) is 5.11 Å². The van der Waals surface area contributed by atoms with Crippen LogP contribution in [0.2, 0.25) is 0 Å². The summed E-state index contributed by atoms with van der Waals surface area (Å²) in [5, 5.41) is 11.1. The zero-order valence-electron chi connectivity index (χ0n) is 10.2. The third kappa shape index (κ3) is 2.69. The molecule has 1 aliphatic heterocycles. The molecule has 0 aliphatic carbocycles. The van der Waals surface area contributed by atoms with Crippen LogP contribution >= 0.6 is 11.3 Å². The molecule has 0 spiro atoms. The highest BCUT2D eigenvalue weighted by atomic mass is 32.1. The quantitative estimate of drug-likeness (QED) is 0.896. The highest BCUT2D eigenvalue weighted by Gasteiger charge is 2.24. The van der Waals surface area contributed by atoms with E-state index in [0.29, 0.717) is 5.92 Å². The molecule has 0 bridgehead atoms. The average Bonchev–Trinajstić information content (AvgIpc) is 2.86. The lowest BCUT2D eigenvalue weighted by Crippen LogP contribution is -2.39. The topological polar surface area (TPSA) is 40.5 Å². The van der Waals surface area contributed by atoms with Gasteiger partial charge >= 0.3 is 0 Å². The second-order valence-corrected chi connectivity index (χ2v) is 5.46. The number of thiophene rings is 1. The van der Waals surface area contributed by atoms with E-state index in [1.54, 1.807) is 11.3 Å². The van der Waals surface area contributed by atoms with Gasteiger partial charge in [0.25, 0.3) is 5.91 Å². The van der Waals surface area contributed by atoms with Crippen molar-refractivity contribution in [3.05, 3.63) is 21.9 Å². The summed E-state index contributed by atoms with van der Waals surface area (Å²) >= 11 is 1.54. The predicted molar refractivity (Wildman–Crippen MR) is 69.4 cm³/mol. The molecule has 1 amide bonds. The van der Waals surface area contributed by atoms with Crippen molar-refractivity contribution < 1.29 is 9.90 Å². The Morgan fingerprint density at radius 1 is 1.53 bits per heavy atom. The van der Waals surface area contributed by atoms with Crippen LogP contribution in [0.15, 0.2) is 11.4 Å². The van der Waals surface area contributed by atoms with Crippen LogP contribution in [0.25, 0.3) is 0 Å². The Balaban J connectivity index is 2.02. The SMILES string of the molecule is CCc1ccsc1C(=O)N1CCC(CO)CC1. The molecule has 0 unspecified atom stereocenters. The monoisotopic (exact) mass is 253 g/mol. The Morgan fingerprint density at radius 2 is 2.24 bits per heavy atom. The van der Waals surface area contributed by atoms with Crippen molar-refractivity contribution in [1.82, 2.24) is 4.90 Å². The smallest absolute Gasteiger partial charge is 0.264 e. The summed E-state index contributed by atoms with van der Waals surface area (Å²) in [5.74, 6) is 0.557. The molecule has 1 aromatic rings. The summed E-state index contributed by atoms with van der Waals surface area (Å²) in [7, 11) is 0. The highest BCUT2D eigenvalue weighted by molar-refractivity contribution is 7.12. The van der Waals surface area contributed by atoms with Gasteiger partial charge in [-0.2, -0.15) is 0 Å². The van der Waals surface area contributed by atoms with Gasteiger partial charge in [0.15, 0.2) is 0 Å². The second kappa shape index (κ2) is 5.65. The molecule has 1 N–H and O–H groups in total. The molecule has 1 aliphatic rings. The number of likely N-dealkylation sites (tertiary alicyclic amines) is 1. The fourth-order valence-electron chi connectivity index (χ4n) is 2.26. The molecule has 4 heteroatoms. The Morgan fingerprint density at radius 3 is 2.82 bits per heavy atom. The van der Waals surface area contributed by atoms with Gasteiger partial charge < -0.3 is 10.0 Å². The number of carbonyl (C=O) groups excluding carboxylic acids is 1. The molecule has 0 radical (unpaired) electrons. The van der Waals surface area contributed by atoms with Crippen molar-refractivity contribution in [2.24, 2.45) is 5.92 Å². The van der Waals surface area contributed by atoms with Crippen molar-refractivity contribution in [1.29, 1.82) is 0 Å². The number of piperidine rings is 1. The minimum Gasteiger partial charge on any atom is -0.396 e. The maximum Gasteiger partial charge on any atom is 0.264 e. The van der Waals surface area contributed by atoms with Crippen molar-refractivity contribution in [2.45, 2.75) is 26.2 Å². The number of carbonyl (C=O) groups is 1. The Bertz CT molecular complexity index is 381. The van der Waals surface area contributed by atoms with Gasteiger partial charge in [0.2, 0.25) is 0 Å². The summed E-state index contributed by atoms with van der Waals surface area (Å²) in [6.45, 7) is 3.90. The summed E-state index contributed by atoms with van der Waals surface area (Å²) in [5.41, 5.74) is 1.16. The standard InChI is InChI=1S/C13H19NO2S/c1-2-11-5-8-17-12(11)13(16)14-6-3-10(9-15)4-7-14/h5,8,10,15H,2-4,6-7,9H2,1H3. The van der Waals surface area contributed by atoms with Gasteiger partial charge in [0.1, 0.15) is 0 Å². The maximum atomic E-state index is 12.3. The maximum absolute atomic E-state index is 12.3. The normalized spacial score (nSPS) is 17.4. The Kier molecular flexibility index (Phi) is 4.18. The average molecular weight is 253 g/mol. The van der Waals surface area contributed by atoms with Gasteiger partial charge in [-0.25, -0.2) is 0 Å². The van der Waals surface area contributed by atoms with Crippen molar-refractivity contribution in [2.75, 3.05) is 19.7 Å². The molecule has 2 rings (SSSR count). The van der Waals surface area contributed by atoms with Gasteiger partial charge in [-0.3, -0.25) is 4.79 Å². The third-order valence-corrected chi connectivity index (χ3v) is 4.43. The van der Waals surface area contributed by atoms with E-state index in [-0.39, 0.29) is 12.5 Å². The number of hydrogen-bond acceptors (Lipinski definition) is 3. The van der Waals surface area contributed by atoms with E-state index < -0.39 is 0 Å². The highest BCUT2D eigenvalue weighted by Crippen LogP contribution is 2.23. The van der Waals surface area contributed by atoms with Gasteiger partial charge in [-0.1, -0.05) is 6.92 Å². The molecule has 0 aromatic carbocycles. The first-order valence-electron chi connectivity index (χ1n) is 6.22.